The van der Waals surface area contributed by atoms with E-state index in [1.54, 1.807) is 58.4 Å². The third-order valence-electron chi connectivity index (χ3n) is 4.35. The van der Waals surface area contributed by atoms with Crippen molar-refractivity contribution >= 4 is 12.0 Å². The number of carbonyl (C=O) groups excluding carboxylic acids is 2. The highest BCUT2D eigenvalue weighted by Gasteiger charge is 2.43. The molecule has 0 bridgehead atoms. The highest BCUT2D eigenvalue weighted by atomic mass is 16.6. The van der Waals surface area contributed by atoms with Crippen LogP contribution in [0.3, 0.4) is 0 Å². The third-order valence-corrected chi connectivity index (χ3v) is 4.35. The minimum Gasteiger partial charge on any atom is -0.496 e. The number of nitrogens with zero attached hydrogens (tertiary/aromatic N) is 2. The van der Waals surface area contributed by atoms with Gasteiger partial charge in [-0.2, -0.15) is 0 Å². The first-order valence-electron chi connectivity index (χ1n) is 8.87. The summed E-state index contributed by atoms with van der Waals surface area (Å²) in [7, 11) is 3.18. The molecule has 1 aliphatic heterocycles. The number of methoxy groups -OCH3 is 2. The van der Waals surface area contributed by atoms with Gasteiger partial charge in [-0.3, -0.25) is 9.78 Å². The minimum absolute atomic E-state index is 0.193. The first-order valence-corrected chi connectivity index (χ1v) is 8.87. The van der Waals surface area contributed by atoms with E-state index < -0.39 is 17.7 Å². The van der Waals surface area contributed by atoms with E-state index in [4.69, 9.17) is 14.2 Å². The summed E-state index contributed by atoms with van der Waals surface area (Å²) >= 11 is 0. The van der Waals surface area contributed by atoms with Crippen LogP contribution in [-0.2, 0) is 20.7 Å². The van der Waals surface area contributed by atoms with Crippen molar-refractivity contribution in [2.24, 2.45) is 0 Å². The fraction of sp³-hybridized carbons (Fsp3) is 0.632. The maximum absolute atomic E-state index is 13.0. The molecular formula is C19H29N3O5. The average Bonchev–Trinajstić information content (AvgIpc) is 2.56. The van der Waals surface area contributed by atoms with Gasteiger partial charge in [-0.1, -0.05) is 0 Å². The molecule has 1 aromatic rings. The van der Waals surface area contributed by atoms with E-state index in [2.05, 4.69) is 10.3 Å². The van der Waals surface area contributed by atoms with Crippen LogP contribution in [0.1, 0.15) is 33.3 Å². The van der Waals surface area contributed by atoms with Crippen molar-refractivity contribution in [1.29, 1.82) is 0 Å². The first-order chi connectivity index (χ1) is 12.6. The number of hydrogen-bond acceptors (Lipinski definition) is 6. The Kier molecular flexibility index (Phi) is 6.30. The summed E-state index contributed by atoms with van der Waals surface area (Å²) in [6.45, 7) is 8.20. The Morgan fingerprint density at radius 1 is 1.33 bits per heavy atom. The molecular weight excluding hydrogens is 350 g/mol. The number of ether oxygens (including phenoxy) is 3. The Morgan fingerprint density at radius 3 is 2.56 bits per heavy atom. The Balaban J connectivity index is 2.15. The summed E-state index contributed by atoms with van der Waals surface area (Å²) in [5.41, 5.74) is -0.280. The summed E-state index contributed by atoms with van der Waals surface area (Å²) in [5.74, 6) is 0.417. The van der Waals surface area contributed by atoms with Gasteiger partial charge in [0.15, 0.2) is 0 Å². The monoisotopic (exact) mass is 379 g/mol. The second-order valence-corrected chi connectivity index (χ2v) is 7.94. The summed E-state index contributed by atoms with van der Waals surface area (Å²) in [5, 5.41) is 2.69. The average molecular weight is 379 g/mol. The minimum atomic E-state index is -0.792. The van der Waals surface area contributed by atoms with Crippen molar-refractivity contribution in [3.8, 4) is 5.75 Å². The van der Waals surface area contributed by atoms with Crippen LogP contribution in [0.4, 0.5) is 4.79 Å². The smallest absolute Gasteiger partial charge is 0.408 e. The quantitative estimate of drug-likeness (QED) is 0.810. The second kappa shape index (κ2) is 8.12. The van der Waals surface area contributed by atoms with Crippen LogP contribution >= 0.6 is 0 Å². The van der Waals surface area contributed by atoms with Crippen molar-refractivity contribution in [2.75, 3.05) is 27.3 Å². The Hall–Kier alpha value is -2.35. The van der Waals surface area contributed by atoms with E-state index in [0.29, 0.717) is 18.8 Å². The van der Waals surface area contributed by atoms with Gasteiger partial charge in [-0.05, 0) is 33.8 Å². The number of hydrogen-bond donors (Lipinski definition) is 1. The fourth-order valence-corrected chi connectivity index (χ4v) is 2.90. The van der Waals surface area contributed by atoms with E-state index >= 15 is 0 Å². The summed E-state index contributed by atoms with van der Waals surface area (Å²) in [4.78, 5) is 31.0. The van der Waals surface area contributed by atoms with E-state index in [9.17, 15) is 9.59 Å². The molecule has 1 N–H and O–H groups in total. The lowest BCUT2D eigenvalue weighted by Crippen LogP contribution is -2.66. The van der Waals surface area contributed by atoms with Gasteiger partial charge < -0.3 is 24.4 Å². The standard InChI is InChI=1S/C19H29N3O5/c1-18(2,3)27-17(24)21-14(9-13-10-20-8-7-15(13)25-5)16(23)22-11-19(4,12-22)26-6/h7-8,10,14H,9,11-12H2,1-6H3,(H,21,24)/t14-/m1/s1. The zero-order valence-corrected chi connectivity index (χ0v) is 16.9. The molecule has 27 heavy (non-hydrogen) atoms. The SMILES string of the molecule is COc1ccncc1C[C@@H](NC(=O)OC(C)(C)C)C(=O)N1CC(C)(OC)C1. The second-order valence-electron chi connectivity index (χ2n) is 7.94. The summed E-state index contributed by atoms with van der Waals surface area (Å²) < 4.78 is 16.0. The molecule has 8 heteroatoms. The van der Waals surface area contributed by atoms with Crippen molar-refractivity contribution in [3.63, 3.8) is 0 Å². The molecule has 0 unspecified atom stereocenters. The Labute approximate surface area is 160 Å². The zero-order chi connectivity index (χ0) is 20.2. The van der Waals surface area contributed by atoms with Crippen LogP contribution in [0, 0.1) is 0 Å². The molecule has 0 radical (unpaired) electrons. The zero-order valence-electron chi connectivity index (χ0n) is 16.9. The number of aromatic nitrogens is 1. The van der Waals surface area contributed by atoms with Crippen LogP contribution in [0.25, 0.3) is 0 Å². The van der Waals surface area contributed by atoms with Crippen molar-refractivity contribution < 1.29 is 23.8 Å². The van der Waals surface area contributed by atoms with Crippen molar-refractivity contribution in [2.45, 2.75) is 51.4 Å². The maximum atomic E-state index is 13.0. The van der Waals surface area contributed by atoms with Gasteiger partial charge in [0.2, 0.25) is 5.91 Å². The molecule has 1 saturated heterocycles. The number of alkyl carbamates (subject to hydrolysis) is 1. The van der Waals surface area contributed by atoms with E-state index in [1.807, 2.05) is 6.92 Å². The van der Waals surface area contributed by atoms with Crippen LogP contribution in [0.5, 0.6) is 5.75 Å². The van der Waals surface area contributed by atoms with Gasteiger partial charge in [0.05, 0.1) is 25.8 Å². The number of likely N-dealkylation sites (tertiary alicyclic amines) is 1. The van der Waals surface area contributed by atoms with Crippen LogP contribution in [0.2, 0.25) is 0 Å². The maximum Gasteiger partial charge on any atom is 0.408 e. The Bertz CT molecular complexity index is 680. The molecule has 1 fully saturated rings. The molecule has 1 aliphatic rings. The Morgan fingerprint density at radius 2 is 2.00 bits per heavy atom. The van der Waals surface area contributed by atoms with Crippen LogP contribution in [-0.4, -0.2) is 66.4 Å². The van der Waals surface area contributed by atoms with E-state index in [-0.39, 0.29) is 17.9 Å². The van der Waals surface area contributed by atoms with Crippen LogP contribution in [0.15, 0.2) is 18.5 Å². The largest absolute Gasteiger partial charge is 0.496 e. The molecule has 1 aromatic heterocycles. The fourth-order valence-electron chi connectivity index (χ4n) is 2.90. The number of amides is 2. The molecule has 0 aromatic carbocycles. The normalized spacial score (nSPS) is 16.9. The highest BCUT2D eigenvalue weighted by molar-refractivity contribution is 5.87. The number of nitrogens with one attached hydrogen (secondary N) is 1. The predicted molar refractivity (Wildman–Crippen MR) is 99.6 cm³/mol. The van der Waals surface area contributed by atoms with Gasteiger partial charge in [-0.25, -0.2) is 4.79 Å². The number of carbonyl (C=O) groups is 2. The van der Waals surface area contributed by atoms with Crippen LogP contribution < -0.4 is 10.1 Å². The molecule has 150 valence electrons. The van der Waals surface area contributed by atoms with Crippen molar-refractivity contribution in [3.05, 3.63) is 24.0 Å². The molecule has 0 spiro atoms. The highest BCUT2D eigenvalue weighted by Crippen LogP contribution is 2.26. The van der Waals surface area contributed by atoms with Gasteiger partial charge in [0, 0.05) is 31.5 Å². The lowest BCUT2D eigenvalue weighted by atomic mass is 9.94. The van der Waals surface area contributed by atoms with E-state index in [0.717, 1.165) is 5.56 Å². The molecule has 2 amide bonds. The van der Waals surface area contributed by atoms with Gasteiger partial charge >= 0.3 is 6.09 Å². The molecule has 8 nitrogen and oxygen atoms in total. The number of pyridine rings is 1. The lowest BCUT2D eigenvalue weighted by molar-refractivity contribution is -0.159. The molecule has 2 rings (SSSR count). The van der Waals surface area contributed by atoms with E-state index in [1.165, 1.54) is 0 Å². The van der Waals surface area contributed by atoms with Gasteiger partial charge in [0.1, 0.15) is 17.4 Å². The molecule has 0 aliphatic carbocycles. The third kappa shape index (κ3) is 5.56. The summed E-state index contributed by atoms with van der Waals surface area (Å²) in [6, 6.07) is 0.926. The molecule has 2 heterocycles. The molecule has 1 atom stereocenters. The first kappa shape index (κ1) is 21.0. The summed E-state index contributed by atoms with van der Waals surface area (Å²) in [6.07, 6.45) is 2.85. The molecule has 0 saturated carbocycles. The lowest BCUT2D eigenvalue weighted by Gasteiger charge is -2.47. The van der Waals surface area contributed by atoms with Crippen molar-refractivity contribution in [1.82, 2.24) is 15.2 Å². The number of rotatable bonds is 6. The van der Waals surface area contributed by atoms with Gasteiger partial charge in [-0.15, -0.1) is 0 Å². The predicted octanol–water partition coefficient (Wildman–Crippen LogP) is 1.77. The topological polar surface area (TPSA) is 90.0 Å². The van der Waals surface area contributed by atoms with Gasteiger partial charge in [0.25, 0.3) is 0 Å².